The van der Waals surface area contributed by atoms with Crippen LogP contribution in [0.25, 0.3) is 0 Å². The molecular weight excluding hydrogens is 222 g/mol. The molecule has 0 spiro atoms. The Hall–Kier alpha value is -1.02. The molecule has 0 saturated heterocycles. The van der Waals surface area contributed by atoms with Crippen molar-refractivity contribution in [3.05, 3.63) is 29.8 Å². The van der Waals surface area contributed by atoms with E-state index in [1.807, 2.05) is 12.1 Å². The Morgan fingerprint density at radius 2 is 1.72 bits per heavy atom. The lowest BCUT2D eigenvalue weighted by Crippen LogP contribution is -2.29. The van der Waals surface area contributed by atoms with E-state index in [1.54, 1.807) is 0 Å². The Bertz CT molecular complexity index is 366. The molecule has 18 heavy (non-hydrogen) atoms. The van der Waals surface area contributed by atoms with Gasteiger partial charge in [-0.15, -0.1) is 0 Å². The summed E-state index contributed by atoms with van der Waals surface area (Å²) in [4.78, 5) is 0. The van der Waals surface area contributed by atoms with Crippen molar-refractivity contribution in [1.29, 1.82) is 0 Å². The summed E-state index contributed by atoms with van der Waals surface area (Å²) in [5.74, 6) is 0.987. The zero-order chi connectivity index (χ0) is 13.8. The lowest BCUT2D eigenvalue weighted by Gasteiger charge is -2.24. The molecule has 0 aliphatic rings. The normalized spacial score (nSPS) is 13.7. The minimum atomic E-state index is 0.209. The molecule has 1 rings (SSSR count). The second-order valence-corrected chi connectivity index (χ2v) is 6.37. The fourth-order valence-corrected chi connectivity index (χ4v) is 1.77. The van der Waals surface area contributed by atoms with Crippen molar-refractivity contribution in [2.75, 3.05) is 6.54 Å². The Labute approximate surface area is 112 Å². The fraction of sp³-hybridized carbons (Fsp3) is 0.625. The first-order valence-corrected chi connectivity index (χ1v) is 6.78. The van der Waals surface area contributed by atoms with Crippen LogP contribution in [-0.2, 0) is 0 Å². The number of rotatable bonds is 5. The maximum absolute atomic E-state index is 5.86. The Kier molecular flexibility index (Phi) is 5.21. The predicted molar refractivity (Wildman–Crippen MR) is 78.1 cm³/mol. The van der Waals surface area contributed by atoms with Gasteiger partial charge >= 0.3 is 0 Å². The summed E-state index contributed by atoms with van der Waals surface area (Å²) in [5.41, 5.74) is 1.53. The molecule has 0 aliphatic carbocycles. The van der Waals surface area contributed by atoms with Crippen molar-refractivity contribution in [3.8, 4) is 5.75 Å². The van der Waals surface area contributed by atoms with E-state index in [-0.39, 0.29) is 6.10 Å². The van der Waals surface area contributed by atoms with E-state index in [2.05, 4.69) is 59.0 Å². The van der Waals surface area contributed by atoms with Crippen molar-refractivity contribution < 1.29 is 4.74 Å². The minimum absolute atomic E-state index is 0.209. The molecule has 1 aromatic rings. The van der Waals surface area contributed by atoms with E-state index in [1.165, 1.54) is 5.56 Å². The number of benzene rings is 1. The highest BCUT2D eigenvalue weighted by Crippen LogP contribution is 2.26. The number of nitrogens with one attached hydrogen (secondary N) is 1. The molecule has 0 heterocycles. The van der Waals surface area contributed by atoms with Crippen LogP contribution in [0.1, 0.15) is 53.1 Å². The quantitative estimate of drug-likeness (QED) is 0.845. The van der Waals surface area contributed by atoms with Gasteiger partial charge in [0, 0.05) is 18.2 Å². The first-order valence-electron chi connectivity index (χ1n) is 6.78. The van der Waals surface area contributed by atoms with Gasteiger partial charge in [-0.05, 0) is 32.3 Å². The average Bonchev–Trinajstić information content (AvgIpc) is 2.25. The standard InChI is InChI=1S/C16H27NO/c1-12(2)18-15-10-8-7-9-14(15)13(3)17-11-16(4,5)6/h7-10,12-13,17H,11H2,1-6H3. The van der Waals surface area contributed by atoms with E-state index in [9.17, 15) is 0 Å². The molecule has 1 aromatic carbocycles. The van der Waals surface area contributed by atoms with Crippen molar-refractivity contribution in [1.82, 2.24) is 5.32 Å². The summed E-state index contributed by atoms with van der Waals surface area (Å²) in [6.45, 7) is 14.0. The first-order chi connectivity index (χ1) is 8.29. The molecule has 0 amide bonds. The largest absolute Gasteiger partial charge is 0.491 e. The van der Waals surface area contributed by atoms with Gasteiger partial charge in [-0.2, -0.15) is 0 Å². The predicted octanol–water partition coefficient (Wildman–Crippen LogP) is 4.17. The summed E-state index contributed by atoms with van der Waals surface area (Å²) < 4.78 is 5.86. The Morgan fingerprint density at radius 3 is 2.28 bits per heavy atom. The van der Waals surface area contributed by atoms with E-state index < -0.39 is 0 Å². The molecule has 0 radical (unpaired) electrons. The van der Waals surface area contributed by atoms with Crippen LogP contribution >= 0.6 is 0 Å². The highest BCUT2D eigenvalue weighted by atomic mass is 16.5. The molecule has 0 saturated carbocycles. The molecule has 102 valence electrons. The molecule has 1 atom stereocenters. The summed E-state index contributed by atoms with van der Waals surface area (Å²) in [6.07, 6.45) is 0.209. The summed E-state index contributed by atoms with van der Waals surface area (Å²) in [6, 6.07) is 8.58. The lowest BCUT2D eigenvalue weighted by molar-refractivity contribution is 0.237. The smallest absolute Gasteiger partial charge is 0.124 e. The fourth-order valence-electron chi connectivity index (χ4n) is 1.77. The third-order valence-corrected chi connectivity index (χ3v) is 2.69. The summed E-state index contributed by atoms with van der Waals surface area (Å²) in [7, 11) is 0. The van der Waals surface area contributed by atoms with Crippen LogP contribution in [0.2, 0.25) is 0 Å². The van der Waals surface area contributed by atoms with Crippen LogP contribution in [-0.4, -0.2) is 12.6 Å². The molecule has 1 unspecified atom stereocenters. The second-order valence-electron chi connectivity index (χ2n) is 6.37. The molecule has 0 fully saturated rings. The molecule has 2 nitrogen and oxygen atoms in total. The Morgan fingerprint density at radius 1 is 1.11 bits per heavy atom. The van der Waals surface area contributed by atoms with Crippen LogP contribution < -0.4 is 10.1 Å². The number of para-hydroxylation sites is 1. The van der Waals surface area contributed by atoms with Gasteiger partial charge in [0.2, 0.25) is 0 Å². The van der Waals surface area contributed by atoms with Gasteiger partial charge in [0.15, 0.2) is 0 Å². The zero-order valence-electron chi connectivity index (χ0n) is 12.6. The van der Waals surface area contributed by atoms with Crippen LogP contribution in [0.3, 0.4) is 0 Å². The van der Waals surface area contributed by atoms with Crippen molar-refractivity contribution in [3.63, 3.8) is 0 Å². The van der Waals surface area contributed by atoms with Crippen molar-refractivity contribution in [2.24, 2.45) is 5.41 Å². The monoisotopic (exact) mass is 249 g/mol. The maximum Gasteiger partial charge on any atom is 0.124 e. The first kappa shape index (κ1) is 15.0. The maximum atomic E-state index is 5.86. The number of hydrogen-bond acceptors (Lipinski definition) is 2. The second kappa shape index (κ2) is 6.24. The molecule has 0 bridgehead atoms. The van der Waals surface area contributed by atoms with Crippen LogP contribution in [0, 0.1) is 5.41 Å². The van der Waals surface area contributed by atoms with Crippen molar-refractivity contribution >= 4 is 0 Å². The van der Waals surface area contributed by atoms with Gasteiger partial charge in [-0.25, -0.2) is 0 Å². The van der Waals surface area contributed by atoms with Gasteiger partial charge in [0.05, 0.1) is 6.10 Å². The Balaban J connectivity index is 2.75. The number of hydrogen-bond donors (Lipinski definition) is 1. The van der Waals surface area contributed by atoms with Crippen LogP contribution in [0.15, 0.2) is 24.3 Å². The van der Waals surface area contributed by atoms with Gasteiger partial charge < -0.3 is 10.1 Å². The molecule has 0 aliphatic heterocycles. The molecular formula is C16H27NO. The van der Waals surface area contributed by atoms with E-state index >= 15 is 0 Å². The van der Waals surface area contributed by atoms with Crippen LogP contribution in [0.4, 0.5) is 0 Å². The summed E-state index contributed by atoms with van der Waals surface area (Å²) >= 11 is 0. The van der Waals surface area contributed by atoms with Crippen molar-refractivity contribution in [2.45, 2.75) is 53.7 Å². The molecule has 0 aromatic heterocycles. The zero-order valence-corrected chi connectivity index (χ0v) is 12.6. The third kappa shape index (κ3) is 5.09. The third-order valence-electron chi connectivity index (χ3n) is 2.69. The SMILES string of the molecule is CC(C)Oc1ccccc1C(C)NCC(C)(C)C. The lowest BCUT2D eigenvalue weighted by atomic mass is 9.96. The van der Waals surface area contributed by atoms with Gasteiger partial charge in [0.1, 0.15) is 5.75 Å². The number of ether oxygens (including phenoxy) is 1. The van der Waals surface area contributed by atoms with Gasteiger partial charge in [0.25, 0.3) is 0 Å². The highest BCUT2D eigenvalue weighted by Gasteiger charge is 2.15. The summed E-state index contributed by atoms with van der Waals surface area (Å²) in [5, 5.41) is 3.57. The highest BCUT2D eigenvalue weighted by molar-refractivity contribution is 5.35. The average molecular weight is 249 g/mol. The molecule has 2 heteroatoms. The van der Waals surface area contributed by atoms with Crippen LogP contribution in [0.5, 0.6) is 5.75 Å². The minimum Gasteiger partial charge on any atom is -0.491 e. The van der Waals surface area contributed by atoms with E-state index in [0.717, 1.165) is 12.3 Å². The van der Waals surface area contributed by atoms with Gasteiger partial charge in [-0.1, -0.05) is 39.0 Å². The van der Waals surface area contributed by atoms with Gasteiger partial charge in [-0.3, -0.25) is 0 Å². The topological polar surface area (TPSA) is 21.3 Å². The van der Waals surface area contributed by atoms with E-state index in [4.69, 9.17) is 4.74 Å². The molecule has 1 N–H and O–H groups in total. The van der Waals surface area contributed by atoms with E-state index in [0.29, 0.717) is 11.5 Å².